The maximum Gasteiger partial charge on any atom is 0.416 e. The van der Waals surface area contributed by atoms with Crippen molar-refractivity contribution in [3.8, 4) is 22.6 Å². The normalized spacial score (nSPS) is 17.0. The van der Waals surface area contributed by atoms with E-state index >= 15 is 0 Å². The molecule has 1 saturated heterocycles. The largest absolute Gasteiger partial charge is 0.416 e. The van der Waals surface area contributed by atoms with E-state index < -0.39 is 17.8 Å². The van der Waals surface area contributed by atoms with Crippen LogP contribution in [0.15, 0.2) is 48.8 Å². The number of pyridine rings is 1. The van der Waals surface area contributed by atoms with Crippen molar-refractivity contribution in [1.82, 2.24) is 15.0 Å². The molecule has 4 rings (SSSR count). The van der Waals surface area contributed by atoms with Crippen molar-refractivity contribution >= 4 is 5.82 Å². The van der Waals surface area contributed by atoms with E-state index in [1.54, 1.807) is 18.5 Å². The standard InChI is InChI=1S/C21H19F3N4O/c1-13-6-8-25-11-17(13)20-26-18(10-19(27-20)28-9-7-16(29)12-28)14-2-4-15(5-3-14)21(22,23)24/h2-6,8,10-11,16,29H,7,9,12H2,1H3. The van der Waals surface area contributed by atoms with Crippen LogP contribution in [0.5, 0.6) is 0 Å². The molecule has 0 spiro atoms. The second-order valence-electron chi connectivity index (χ2n) is 7.09. The van der Waals surface area contributed by atoms with E-state index in [1.807, 2.05) is 17.9 Å². The molecule has 1 aliphatic rings. The van der Waals surface area contributed by atoms with E-state index in [-0.39, 0.29) is 0 Å². The molecule has 3 heterocycles. The third-order valence-electron chi connectivity index (χ3n) is 4.99. The van der Waals surface area contributed by atoms with Gasteiger partial charge in [0.05, 0.1) is 17.4 Å². The monoisotopic (exact) mass is 400 g/mol. The average molecular weight is 400 g/mol. The van der Waals surface area contributed by atoms with Crippen LogP contribution in [0, 0.1) is 6.92 Å². The number of anilines is 1. The number of benzene rings is 1. The average Bonchev–Trinajstić information content (AvgIpc) is 3.14. The number of β-amino-alcohol motifs (C(OH)–C–C–N with tert-alkyl or cyclic N) is 1. The minimum atomic E-state index is -4.39. The topological polar surface area (TPSA) is 62.1 Å². The molecule has 0 radical (unpaired) electrons. The molecule has 2 aromatic heterocycles. The quantitative estimate of drug-likeness (QED) is 0.717. The Labute approximate surface area is 165 Å². The van der Waals surface area contributed by atoms with Gasteiger partial charge in [0.25, 0.3) is 0 Å². The highest BCUT2D eigenvalue weighted by Crippen LogP contribution is 2.32. The highest BCUT2D eigenvalue weighted by Gasteiger charge is 2.30. The maximum absolute atomic E-state index is 12.9. The first-order chi connectivity index (χ1) is 13.8. The van der Waals surface area contributed by atoms with E-state index in [0.717, 1.165) is 23.3 Å². The van der Waals surface area contributed by atoms with Gasteiger partial charge < -0.3 is 10.0 Å². The fraction of sp³-hybridized carbons (Fsp3) is 0.286. The van der Waals surface area contributed by atoms with Gasteiger partial charge in [0.2, 0.25) is 0 Å². The van der Waals surface area contributed by atoms with Gasteiger partial charge in [-0.2, -0.15) is 13.2 Å². The lowest BCUT2D eigenvalue weighted by Gasteiger charge is -2.19. The van der Waals surface area contributed by atoms with Crippen LogP contribution in [-0.2, 0) is 6.18 Å². The van der Waals surface area contributed by atoms with Gasteiger partial charge in [-0.25, -0.2) is 9.97 Å². The first kappa shape index (κ1) is 19.3. The third-order valence-corrected chi connectivity index (χ3v) is 4.99. The summed E-state index contributed by atoms with van der Waals surface area (Å²) >= 11 is 0. The highest BCUT2D eigenvalue weighted by atomic mass is 19.4. The van der Waals surface area contributed by atoms with Crippen LogP contribution >= 0.6 is 0 Å². The zero-order chi connectivity index (χ0) is 20.6. The van der Waals surface area contributed by atoms with Crippen LogP contribution in [0.2, 0.25) is 0 Å². The minimum Gasteiger partial charge on any atom is -0.391 e. The fourth-order valence-electron chi connectivity index (χ4n) is 3.34. The van der Waals surface area contributed by atoms with Crippen LogP contribution in [0.1, 0.15) is 17.5 Å². The lowest BCUT2D eigenvalue weighted by Crippen LogP contribution is -2.22. The molecule has 8 heteroatoms. The molecule has 150 valence electrons. The molecule has 1 aromatic carbocycles. The maximum atomic E-state index is 12.9. The summed E-state index contributed by atoms with van der Waals surface area (Å²) in [5.74, 6) is 1.08. The summed E-state index contributed by atoms with van der Waals surface area (Å²) < 4.78 is 38.7. The summed E-state index contributed by atoms with van der Waals surface area (Å²) in [6.45, 7) is 3.02. The van der Waals surface area contributed by atoms with Gasteiger partial charge in [-0.05, 0) is 37.1 Å². The van der Waals surface area contributed by atoms with Crippen molar-refractivity contribution in [2.24, 2.45) is 0 Å². The van der Waals surface area contributed by atoms with Gasteiger partial charge in [0.1, 0.15) is 5.82 Å². The first-order valence-electron chi connectivity index (χ1n) is 9.22. The second kappa shape index (κ2) is 7.44. The Kier molecular flexibility index (Phi) is 4.96. The predicted octanol–water partition coefficient (Wildman–Crippen LogP) is 4.10. The van der Waals surface area contributed by atoms with E-state index in [1.165, 1.54) is 12.1 Å². The third kappa shape index (κ3) is 4.07. The van der Waals surface area contributed by atoms with Gasteiger partial charge in [0, 0.05) is 42.7 Å². The van der Waals surface area contributed by atoms with Gasteiger partial charge in [-0.15, -0.1) is 0 Å². The van der Waals surface area contributed by atoms with Crippen LogP contribution in [0.25, 0.3) is 22.6 Å². The number of alkyl halides is 3. The molecule has 1 N–H and O–H groups in total. The van der Waals surface area contributed by atoms with Gasteiger partial charge in [-0.1, -0.05) is 12.1 Å². The Morgan fingerprint density at radius 1 is 1.10 bits per heavy atom. The number of hydrogen-bond acceptors (Lipinski definition) is 5. The molecule has 1 fully saturated rings. The van der Waals surface area contributed by atoms with Crippen LogP contribution in [-0.4, -0.2) is 39.3 Å². The van der Waals surface area contributed by atoms with Crippen LogP contribution in [0.4, 0.5) is 19.0 Å². The number of halogens is 3. The number of nitrogens with zero attached hydrogens (tertiary/aromatic N) is 4. The van der Waals surface area contributed by atoms with E-state index in [0.29, 0.717) is 42.4 Å². The van der Waals surface area contributed by atoms with Crippen molar-refractivity contribution in [2.75, 3.05) is 18.0 Å². The number of aromatic nitrogens is 3. The van der Waals surface area contributed by atoms with Crippen LogP contribution < -0.4 is 4.90 Å². The molecular weight excluding hydrogens is 381 g/mol. The highest BCUT2D eigenvalue weighted by molar-refractivity contribution is 5.69. The first-order valence-corrected chi connectivity index (χ1v) is 9.22. The Morgan fingerprint density at radius 3 is 2.48 bits per heavy atom. The number of aliphatic hydroxyl groups is 1. The Hall–Kier alpha value is -3.00. The van der Waals surface area contributed by atoms with Crippen molar-refractivity contribution < 1.29 is 18.3 Å². The molecule has 0 aliphatic carbocycles. The zero-order valence-corrected chi connectivity index (χ0v) is 15.7. The minimum absolute atomic E-state index is 0.428. The molecule has 1 unspecified atom stereocenters. The number of aliphatic hydroxyl groups excluding tert-OH is 1. The summed E-state index contributed by atoms with van der Waals surface area (Å²) in [6.07, 6.45) is -0.831. The summed E-state index contributed by atoms with van der Waals surface area (Å²) in [6, 6.07) is 8.51. The Bertz CT molecular complexity index is 1020. The van der Waals surface area contributed by atoms with Crippen molar-refractivity contribution in [1.29, 1.82) is 0 Å². The van der Waals surface area contributed by atoms with Gasteiger partial charge >= 0.3 is 6.18 Å². The summed E-state index contributed by atoms with van der Waals surface area (Å²) in [5, 5.41) is 9.88. The van der Waals surface area contributed by atoms with Crippen molar-refractivity contribution in [3.63, 3.8) is 0 Å². The molecule has 29 heavy (non-hydrogen) atoms. The van der Waals surface area contributed by atoms with E-state index in [2.05, 4.69) is 15.0 Å². The molecule has 0 saturated carbocycles. The fourth-order valence-corrected chi connectivity index (χ4v) is 3.34. The summed E-state index contributed by atoms with van der Waals surface area (Å²) in [5.41, 5.74) is 2.06. The number of hydrogen-bond donors (Lipinski definition) is 1. The second-order valence-corrected chi connectivity index (χ2v) is 7.09. The molecule has 3 aromatic rings. The molecule has 5 nitrogen and oxygen atoms in total. The zero-order valence-electron chi connectivity index (χ0n) is 15.7. The Morgan fingerprint density at radius 2 is 1.86 bits per heavy atom. The molecule has 1 atom stereocenters. The lowest BCUT2D eigenvalue weighted by atomic mass is 10.1. The summed E-state index contributed by atoms with van der Waals surface area (Å²) in [4.78, 5) is 15.3. The molecule has 0 amide bonds. The Balaban J connectivity index is 1.80. The number of rotatable bonds is 3. The van der Waals surface area contributed by atoms with Gasteiger partial charge in [0.15, 0.2) is 5.82 Å². The predicted molar refractivity (Wildman–Crippen MR) is 103 cm³/mol. The lowest BCUT2D eigenvalue weighted by molar-refractivity contribution is -0.137. The smallest absolute Gasteiger partial charge is 0.391 e. The van der Waals surface area contributed by atoms with Crippen LogP contribution in [0.3, 0.4) is 0 Å². The molecule has 0 bridgehead atoms. The van der Waals surface area contributed by atoms with E-state index in [9.17, 15) is 18.3 Å². The molecular formula is C21H19F3N4O. The van der Waals surface area contributed by atoms with E-state index in [4.69, 9.17) is 0 Å². The van der Waals surface area contributed by atoms with Gasteiger partial charge in [-0.3, -0.25) is 4.98 Å². The SMILES string of the molecule is Cc1ccncc1-c1nc(-c2ccc(C(F)(F)F)cc2)cc(N2CCC(O)C2)n1. The summed E-state index contributed by atoms with van der Waals surface area (Å²) in [7, 11) is 0. The molecule has 1 aliphatic heterocycles. The van der Waals surface area contributed by atoms with Crippen molar-refractivity contribution in [3.05, 3.63) is 59.9 Å². The van der Waals surface area contributed by atoms with Crippen molar-refractivity contribution in [2.45, 2.75) is 25.6 Å². The number of aryl methyl sites for hydroxylation is 1.